The number of H-pyrrole nitrogens is 1. The molecule has 3 amide bonds. The van der Waals surface area contributed by atoms with Gasteiger partial charge in [-0.05, 0) is 31.4 Å². The van der Waals surface area contributed by atoms with Crippen molar-refractivity contribution in [2.75, 3.05) is 6.54 Å². The molecule has 1 heterocycles. The maximum absolute atomic E-state index is 13.3. The summed E-state index contributed by atoms with van der Waals surface area (Å²) in [6.45, 7) is 0.376. The maximum Gasteiger partial charge on any atom is 0.326 e. The van der Waals surface area contributed by atoms with Gasteiger partial charge in [0.15, 0.2) is 0 Å². The molecule has 2 aromatic rings. The minimum atomic E-state index is -1.70. The molecule has 4 unspecified atom stereocenters. The normalized spacial score (nSPS) is 13.9. The van der Waals surface area contributed by atoms with Crippen LogP contribution in [0.2, 0.25) is 0 Å². The Balaban J connectivity index is 2.20. The molecule has 2 rings (SSSR count). The zero-order valence-corrected chi connectivity index (χ0v) is 21.3. The molecule has 39 heavy (non-hydrogen) atoms. The van der Waals surface area contributed by atoms with Crippen LogP contribution < -0.4 is 27.4 Å². The number of amides is 3. The number of carbonyl (C=O) groups is 5. The van der Waals surface area contributed by atoms with Crippen LogP contribution in [0.15, 0.2) is 42.9 Å². The maximum atomic E-state index is 13.3. The highest BCUT2D eigenvalue weighted by Gasteiger charge is 2.31. The number of aromatic amines is 1. The van der Waals surface area contributed by atoms with Crippen LogP contribution in [-0.2, 0) is 36.8 Å². The van der Waals surface area contributed by atoms with Crippen LogP contribution in [0.1, 0.15) is 36.9 Å². The van der Waals surface area contributed by atoms with Crippen molar-refractivity contribution in [3.8, 4) is 0 Å². The van der Waals surface area contributed by atoms with Gasteiger partial charge in [0.1, 0.15) is 18.1 Å². The molecule has 1 aromatic carbocycles. The van der Waals surface area contributed by atoms with Crippen LogP contribution in [0.3, 0.4) is 0 Å². The fourth-order valence-corrected chi connectivity index (χ4v) is 3.74. The molecule has 14 heteroatoms. The Morgan fingerprint density at radius 3 is 2.10 bits per heavy atom. The summed E-state index contributed by atoms with van der Waals surface area (Å²) in [5.41, 5.74) is 12.9. The molecule has 0 fully saturated rings. The highest BCUT2D eigenvalue weighted by molar-refractivity contribution is 5.94. The largest absolute Gasteiger partial charge is 0.481 e. The number of rotatable bonds is 17. The number of carboxylic acid groups (broad SMARTS) is 2. The van der Waals surface area contributed by atoms with Crippen LogP contribution in [0, 0.1) is 0 Å². The summed E-state index contributed by atoms with van der Waals surface area (Å²) >= 11 is 0. The first kappa shape index (κ1) is 30.9. The Labute approximate surface area is 224 Å². The smallest absolute Gasteiger partial charge is 0.326 e. The van der Waals surface area contributed by atoms with E-state index >= 15 is 0 Å². The monoisotopic (exact) mass is 545 g/mol. The average Bonchev–Trinajstić information content (AvgIpc) is 3.40. The van der Waals surface area contributed by atoms with Crippen molar-refractivity contribution in [2.45, 2.75) is 62.7 Å². The van der Waals surface area contributed by atoms with Gasteiger partial charge in [0.05, 0.1) is 18.8 Å². The third-order valence-corrected chi connectivity index (χ3v) is 5.82. The van der Waals surface area contributed by atoms with Gasteiger partial charge in [0, 0.05) is 24.7 Å². The van der Waals surface area contributed by atoms with Crippen LogP contribution in [0.4, 0.5) is 0 Å². The van der Waals surface area contributed by atoms with Crippen molar-refractivity contribution >= 4 is 29.7 Å². The summed E-state index contributed by atoms with van der Waals surface area (Å²) in [6.07, 6.45) is 3.57. The van der Waals surface area contributed by atoms with Gasteiger partial charge in [0.2, 0.25) is 17.7 Å². The van der Waals surface area contributed by atoms with E-state index in [4.69, 9.17) is 16.6 Å². The van der Waals surface area contributed by atoms with Crippen LogP contribution in [-0.4, -0.2) is 80.6 Å². The third-order valence-electron chi connectivity index (χ3n) is 5.82. The van der Waals surface area contributed by atoms with E-state index < -0.39 is 60.2 Å². The fraction of sp³-hybridized carbons (Fsp3) is 0.440. The molecular weight excluding hydrogens is 510 g/mol. The number of carboxylic acids is 2. The molecule has 0 saturated heterocycles. The van der Waals surface area contributed by atoms with Crippen molar-refractivity contribution in [2.24, 2.45) is 11.5 Å². The number of benzene rings is 1. The highest BCUT2D eigenvalue weighted by Crippen LogP contribution is 2.08. The molecule has 4 atom stereocenters. The molecule has 1 aromatic heterocycles. The van der Waals surface area contributed by atoms with Crippen molar-refractivity contribution in [3.63, 3.8) is 0 Å². The predicted octanol–water partition coefficient (Wildman–Crippen LogP) is -1.34. The number of aromatic nitrogens is 2. The summed E-state index contributed by atoms with van der Waals surface area (Å²) in [5.74, 6) is -5.11. The number of nitrogens with two attached hydrogens (primary N) is 2. The van der Waals surface area contributed by atoms with Gasteiger partial charge < -0.3 is 42.6 Å². The first-order chi connectivity index (χ1) is 18.6. The van der Waals surface area contributed by atoms with E-state index in [2.05, 4.69) is 25.9 Å². The number of aliphatic carboxylic acids is 2. The van der Waals surface area contributed by atoms with E-state index in [0.29, 0.717) is 30.6 Å². The molecule has 0 aliphatic carbocycles. The van der Waals surface area contributed by atoms with Crippen LogP contribution >= 0.6 is 0 Å². The zero-order valence-electron chi connectivity index (χ0n) is 21.3. The molecule has 0 aliphatic rings. The van der Waals surface area contributed by atoms with E-state index in [1.165, 1.54) is 12.5 Å². The Morgan fingerprint density at radius 2 is 1.51 bits per heavy atom. The van der Waals surface area contributed by atoms with Crippen LogP contribution in [0.5, 0.6) is 0 Å². The topological polar surface area (TPSA) is 243 Å². The van der Waals surface area contributed by atoms with Gasteiger partial charge in [-0.25, -0.2) is 9.78 Å². The second kappa shape index (κ2) is 15.8. The second-order valence-electron chi connectivity index (χ2n) is 8.98. The van der Waals surface area contributed by atoms with Crippen molar-refractivity contribution in [1.82, 2.24) is 25.9 Å². The van der Waals surface area contributed by atoms with E-state index in [1.54, 1.807) is 30.3 Å². The molecule has 0 saturated carbocycles. The molecule has 0 bridgehead atoms. The summed E-state index contributed by atoms with van der Waals surface area (Å²) in [7, 11) is 0. The predicted molar refractivity (Wildman–Crippen MR) is 139 cm³/mol. The van der Waals surface area contributed by atoms with Gasteiger partial charge in [-0.1, -0.05) is 30.3 Å². The minimum Gasteiger partial charge on any atom is -0.481 e. The molecule has 0 spiro atoms. The SMILES string of the molecule is NCCCCC(NC(=O)C(N)Cc1cnc[nH]1)C(=O)NC(Cc1ccccc1)C(=O)NC(CC(=O)O)C(=O)O. The summed E-state index contributed by atoms with van der Waals surface area (Å²) in [6, 6.07) is 3.65. The van der Waals surface area contributed by atoms with Gasteiger partial charge in [0.25, 0.3) is 0 Å². The molecule has 0 aliphatic heterocycles. The molecular formula is C25H35N7O7. The number of hydrogen-bond donors (Lipinski definition) is 8. The number of nitrogens with one attached hydrogen (secondary N) is 4. The summed E-state index contributed by atoms with van der Waals surface area (Å²) in [5, 5.41) is 25.7. The van der Waals surface area contributed by atoms with Gasteiger partial charge in [-0.3, -0.25) is 19.2 Å². The summed E-state index contributed by atoms with van der Waals surface area (Å²) < 4.78 is 0. The van der Waals surface area contributed by atoms with Gasteiger partial charge in [-0.15, -0.1) is 0 Å². The molecule has 0 radical (unpaired) electrons. The molecule has 212 valence electrons. The number of carbonyl (C=O) groups excluding carboxylic acids is 3. The van der Waals surface area contributed by atoms with Crippen molar-refractivity contribution in [1.29, 1.82) is 0 Å². The van der Waals surface area contributed by atoms with Crippen LogP contribution in [0.25, 0.3) is 0 Å². The Kier molecular flexibility index (Phi) is 12.6. The number of imidazole rings is 1. The first-order valence-electron chi connectivity index (χ1n) is 12.4. The van der Waals surface area contributed by atoms with E-state index in [0.717, 1.165) is 0 Å². The zero-order chi connectivity index (χ0) is 28.8. The van der Waals surface area contributed by atoms with Gasteiger partial charge in [-0.2, -0.15) is 0 Å². The second-order valence-corrected chi connectivity index (χ2v) is 8.98. The third kappa shape index (κ3) is 10.9. The Morgan fingerprint density at radius 1 is 0.872 bits per heavy atom. The minimum absolute atomic E-state index is 0.0133. The quantitative estimate of drug-likeness (QED) is 0.109. The highest BCUT2D eigenvalue weighted by atomic mass is 16.4. The number of hydrogen-bond acceptors (Lipinski definition) is 8. The fourth-order valence-electron chi connectivity index (χ4n) is 3.74. The lowest BCUT2D eigenvalue weighted by Crippen LogP contribution is -2.58. The van der Waals surface area contributed by atoms with E-state index in [-0.39, 0.29) is 19.3 Å². The first-order valence-corrected chi connectivity index (χ1v) is 12.4. The van der Waals surface area contributed by atoms with Gasteiger partial charge >= 0.3 is 11.9 Å². The number of unbranched alkanes of at least 4 members (excludes halogenated alkanes) is 1. The summed E-state index contributed by atoms with van der Waals surface area (Å²) in [4.78, 5) is 68.4. The lowest BCUT2D eigenvalue weighted by Gasteiger charge is -2.25. The Bertz CT molecular complexity index is 1100. The van der Waals surface area contributed by atoms with Crippen molar-refractivity contribution in [3.05, 3.63) is 54.1 Å². The molecule has 14 nitrogen and oxygen atoms in total. The Hall–Kier alpha value is -4.30. The average molecular weight is 546 g/mol. The lowest BCUT2D eigenvalue weighted by molar-refractivity contribution is -0.147. The lowest BCUT2D eigenvalue weighted by atomic mass is 10.0. The van der Waals surface area contributed by atoms with E-state index in [9.17, 15) is 29.1 Å². The molecule has 10 N–H and O–H groups in total. The number of nitrogens with zero attached hydrogens (tertiary/aromatic N) is 1. The van der Waals surface area contributed by atoms with Crippen molar-refractivity contribution < 1.29 is 34.2 Å². The van der Waals surface area contributed by atoms with E-state index in [1.807, 2.05) is 0 Å². The standard InChI is InChI=1S/C25H35N7O7/c26-9-5-4-8-18(30-22(35)17(27)11-16-13-28-14-29-16)23(36)31-19(10-15-6-2-1-3-7-15)24(37)32-20(25(38)39)12-21(33)34/h1-3,6-7,13-14,17-20H,4-5,8-12,26-27H2,(H,28,29)(H,30,35)(H,31,36)(H,32,37)(H,33,34)(H,38,39).